The number of benzene rings is 1. The van der Waals surface area contributed by atoms with Gasteiger partial charge in [0.05, 0.1) is 0 Å². The summed E-state index contributed by atoms with van der Waals surface area (Å²) < 4.78 is 10.8. The van der Waals surface area contributed by atoms with Crippen LogP contribution in [0.3, 0.4) is 0 Å². The third-order valence-corrected chi connectivity index (χ3v) is 2.98. The summed E-state index contributed by atoms with van der Waals surface area (Å²) >= 11 is 0. The number of hydrogen-bond acceptors (Lipinski definition) is 6. The first-order valence-corrected chi connectivity index (χ1v) is 7.81. The van der Waals surface area contributed by atoms with Gasteiger partial charge in [-0.3, -0.25) is 0 Å². The normalized spacial score (nSPS) is 10.6. The molecule has 0 radical (unpaired) electrons. The molecule has 1 heterocycles. The molecule has 0 atom stereocenters. The van der Waals surface area contributed by atoms with Crippen LogP contribution in [0.5, 0.6) is 11.6 Å². The van der Waals surface area contributed by atoms with Crippen LogP contribution in [-0.2, 0) is 11.2 Å². The Bertz CT molecular complexity index is 761. The molecular formula is C18H20N4O3. The van der Waals surface area contributed by atoms with E-state index in [2.05, 4.69) is 15.3 Å². The lowest BCUT2D eigenvalue weighted by Crippen LogP contribution is -2.33. The Balaban J connectivity index is 1.83. The van der Waals surface area contributed by atoms with E-state index in [1.54, 1.807) is 12.1 Å². The monoisotopic (exact) mass is 340 g/mol. The number of carbonyl (C=O) groups excluding carboxylic acids is 1. The fraction of sp³-hybridized carbons (Fsp3) is 0.333. The van der Waals surface area contributed by atoms with E-state index in [9.17, 15) is 4.79 Å². The van der Waals surface area contributed by atoms with Crippen molar-refractivity contribution in [3.8, 4) is 17.7 Å². The minimum Gasteiger partial charge on any atom is -0.444 e. The largest absolute Gasteiger partial charge is 0.444 e. The number of hydrogen-bond donors (Lipinski definition) is 1. The molecule has 1 aromatic heterocycles. The van der Waals surface area contributed by atoms with E-state index in [4.69, 9.17) is 14.7 Å². The van der Waals surface area contributed by atoms with E-state index in [1.165, 1.54) is 12.4 Å². The molecule has 0 unspecified atom stereocenters. The highest BCUT2D eigenvalue weighted by Crippen LogP contribution is 2.19. The van der Waals surface area contributed by atoms with Crippen molar-refractivity contribution in [3.05, 3.63) is 47.9 Å². The highest BCUT2D eigenvalue weighted by molar-refractivity contribution is 5.67. The van der Waals surface area contributed by atoms with Crippen molar-refractivity contribution in [1.29, 1.82) is 5.26 Å². The van der Waals surface area contributed by atoms with Crippen LogP contribution >= 0.6 is 0 Å². The Morgan fingerprint density at radius 2 is 1.96 bits per heavy atom. The molecule has 0 aliphatic rings. The number of ether oxygens (including phenoxy) is 2. The molecule has 0 aliphatic carbocycles. The van der Waals surface area contributed by atoms with Gasteiger partial charge in [0.15, 0.2) is 0 Å². The van der Waals surface area contributed by atoms with Gasteiger partial charge in [-0.1, -0.05) is 12.1 Å². The van der Waals surface area contributed by atoms with Crippen molar-refractivity contribution in [2.45, 2.75) is 32.8 Å². The van der Waals surface area contributed by atoms with Crippen LogP contribution in [0.2, 0.25) is 0 Å². The lowest BCUT2D eigenvalue weighted by atomic mass is 10.1. The highest BCUT2D eigenvalue weighted by atomic mass is 16.6. The minimum absolute atomic E-state index is 0.245. The third kappa shape index (κ3) is 6.47. The Morgan fingerprint density at radius 3 is 2.60 bits per heavy atom. The number of nitrogens with zero attached hydrogens (tertiary/aromatic N) is 3. The number of amides is 1. The zero-order chi connectivity index (χ0) is 18.3. The first-order chi connectivity index (χ1) is 11.9. The number of nitrogens with one attached hydrogen (secondary N) is 1. The molecule has 7 heteroatoms. The number of carbonyl (C=O) groups is 1. The van der Waals surface area contributed by atoms with Crippen LogP contribution in [0.1, 0.15) is 32.0 Å². The number of alkyl carbamates (subject to hydrolysis) is 1. The van der Waals surface area contributed by atoms with Crippen molar-refractivity contribution < 1.29 is 14.3 Å². The first-order valence-electron chi connectivity index (χ1n) is 7.81. The maximum absolute atomic E-state index is 11.6. The predicted octanol–water partition coefficient (Wildman–Crippen LogP) is 3.21. The summed E-state index contributed by atoms with van der Waals surface area (Å²) in [6.45, 7) is 5.94. The second kappa shape index (κ2) is 8.11. The molecule has 1 amide bonds. The van der Waals surface area contributed by atoms with Crippen molar-refractivity contribution in [3.63, 3.8) is 0 Å². The van der Waals surface area contributed by atoms with Gasteiger partial charge in [0.25, 0.3) is 0 Å². The topological polar surface area (TPSA) is 97.1 Å². The number of aromatic nitrogens is 2. The number of rotatable bonds is 5. The first kappa shape index (κ1) is 18.2. The minimum atomic E-state index is -0.504. The average molecular weight is 340 g/mol. The fourth-order valence-electron chi connectivity index (χ4n) is 1.92. The molecule has 25 heavy (non-hydrogen) atoms. The highest BCUT2D eigenvalue weighted by Gasteiger charge is 2.15. The summed E-state index contributed by atoms with van der Waals surface area (Å²) in [6, 6.07) is 10.8. The van der Waals surface area contributed by atoms with Gasteiger partial charge in [-0.25, -0.2) is 14.8 Å². The van der Waals surface area contributed by atoms with Crippen LogP contribution in [0.4, 0.5) is 4.79 Å². The second-order valence-corrected chi connectivity index (χ2v) is 6.28. The summed E-state index contributed by atoms with van der Waals surface area (Å²) in [7, 11) is 0. The van der Waals surface area contributed by atoms with Crippen LogP contribution in [0.15, 0.2) is 36.7 Å². The van der Waals surface area contributed by atoms with E-state index < -0.39 is 11.7 Å². The van der Waals surface area contributed by atoms with Gasteiger partial charge >= 0.3 is 6.09 Å². The van der Waals surface area contributed by atoms with Crippen molar-refractivity contribution in [2.24, 2.45) is 0 Å². The Kier molecular flexibility index (Phi) is 5.90. The maximum atomic E-state index is 11.6. The summed E-state index contributed by atoms with van der Waals surface area (Å²) in [4.78, 5) is 19.3. The van der Waals surface area contributed by atoms with E-state index in [-0.39, 0.29) is 5.69 Å². The lowest BCUT2D eigenvalue weighted by molar-refractivity contribution is 0.0528. The molecule has 0 aliphatic heterocycles. The summed E-state index contributed by atoms with van der Waals surface area (Å²) in [5.41, 5.74) is 0.786. The summed E-state index contributed by atoms with van der Waals surface area (Å²) in [5.74, 6) is 0.914. The molecule has 2 aromatic rings. The van der Waals surface area contributed by atoms with Gasteiger partial charge in [0, 0.05) is 12.6 Å². The van der Waals surface area contributed by atoms with E-state index in [1.807, 2.05) is 39.0 Å². The van der Waals surface area contributed by atoms with Gasteiger partial charge < -0.3 is 14.8 Å². The summed E-state index contributed by atoms with van der Waals surface area (Å²) in [6.07, 6.45) is 1.53. The zero-order valence-corrected chi connectivity index (χ0v) is 14.4. The van der Waals surface area contributed by atoms with Crippen molar-refractivity contribution >= 4 is 6.09 Å². The molecule has 130 valence electrons. The Hall–Kier alpha value is -3.14. The molecule has 7 nitrogen and oxygen atoms in total. The molecular weight excluding hydrogens is 320 g/mol. The Morgan fingerprint density at radius 1 is 1.24 bits per heavy atom. The van der Waals surface area contributed by atoms with E-state index in [0.717, 1.165) is 5.56 Å². The molecule has 0 saturated carbocycles. The van der Waals surface area contributed by atoms with E-state index in [0.29, 0.717) is 24.6 Å². The van der Waals surface area contributed by atoms with Crippen molar-refractivity contribution in [2.75, 3.05) is 6.54 Å². The zero-order valence-electron chi connectivity index (χ0n) is 14.4. The van der Waals surface area contributed by atoms with Crippen molar-refractivity contribution in [1.82, 2.24) is 15.3 Å². The molecule has 0 fully saturated rings. The molecule has 0 spiro atoms. The molecule has 1 aromatic carbocycles. The molecule has 2 rings (SSSR count). The smallest absolute Gasteiger partial charge is 0.407 e. The quantitative estimate of drug-likeness (QED) is 0.897. The van der Waals surface area contributed by atoms with Gasteiger partial charge in [-0.2, -0.15) is 5.26 Å². The lowest BCUT2D eigenvalue weighted by Gasteiger charge is -2.19. The fourth-order valence-corrected chi connectivity index (χ4v) is 1.92. The predicted molar refractivity (Wildman–Crippen MR) is 91.2 cm³/mol. The molecule has 0 bridgehead atoms. The third-order valence-electron chi connectivity index (χ3n) is 2.98. The van der Waals surface area contributed by atoms with Crippen LogP contribution in [-0.4, -0.2) is 28.2 Å². The van der Waals surface area contributed by atoms with Crippen LogP contribution in [0, 0.1) is 11.3 Å². The maximum Gasteiger partial charge on any atom is 0.407 e. The van der Waals surface area contributed by atoms with Gasteiger partial charge in [-0.05, 0) is 44.9 Å². The second-order valence-electron chi connectivity index (χ2n) is 6.28. The summed E-state index contributed by atoms with van der Waals surface area (Å²) in [5, 5.41) is 11.5. The average Bonchev–Trinajstić information content (AvgIpc) is 2.55. The van der Waals surface area contributed by atoms with Gasteiger partial charge in [-0.15, -0.1) is 0 Å². The molecule has 1 N–H and O–H groups in total. The van der Waals surface area contributed by atoms with Crippen LogP contribution < -0.4 is 10.1 Å². The van der Waals surface area contributed by atoms with Gasteiger partial charge in [0.1, 0.15) is 29.4 Å². The SMILES string of the molecule is CC(C)(C)OC(=O)NCCc1ccc(Oc2cc(C#N)ncn2)cc1. The standard InChI is InChI=1S/C18H20N4O3/c1-18(2,3)25-17(23)20-9-8-13-4-6-15(7-5-13)24-16-10-14(11-19)21-12-22-16/h4-7,10,12H,8-9H2,1-3H3,(H,20,23). The molecule has 0 saturated heterocycles. The van der Waals surface area contributed by atoms with Gasteiger partial charge in [0.2, 0.25) is 5.88 Å². The Labute approximate surface area is 146 Å². The van der Waals surface area contributed by atoms with E-state index >= 15 is 0 Å². The number of nitriles is 1. The van der Waals surface area contributed by atoms with Crippen LogP contribution in [0.25, 0.3) is 0 Å².